The van der Waals surface area contributed by atoms with Crippen LogP contribution in [0.15, 0.2) is 18.2 Å². The fourth-order valence-electron chi connectivity index (χ4n) is 1.86. The van der Waals surface area contributed by atoms with Crippen LogP contribution in [0.25, 0.3) is 0 Å². The van der Waals surface area contributed by atoms with Crippen LogP contribution >= 0.6 is 0 Å². The standard InChI is InChI=1S/C13H10F6N6/c14-12(15,16)9-4-8(5-10(6-9)13(17,18)19)7-21-11-22-24-25(23-11)3-1-2-20/h4-6H,1,3,7H2,(H,21,23). The van der Waals surface area contributed by atoms with E-state index in [4.69, 9.17) is 5.26 Å². The Kier molecular flexibility index (Phi) is 5.15. The Bertz CT molecular complexity index is 740. The normalized spacial score (nSPS) is 12.0. The first-order valence-corrected chi connectivity index (χ1v) is 6.76. The molecule has 0 amide bonds. The number of hydrogen-bond donors (Lipinski definition) is 1. The van der Waals surface area contributed by atoms with E-state index in [1.807, 2.05) is 6.07 Å². The lowest BCUT2D eigenvalue weighted by Gasteiger charge is -2.14. The van der Waals surface area contributed by atoms with Gasteiger partial charge in [-0.1, -0.05) is 5.10 Å². The molecule has 6 nitrogen and oxygen atoms in total. The van der Waals surface area contributed by atoms with Gasteiger partial charge in [-0.05, 0) is 29.0 Å². The summed E-state index contributed by atoms with van der Waals surface area (Å²) in [6.45, 7) is -0.204. The van der Waals surface area contributed by atoms with E-state index in [1.54, 1.807) is 0 Å². The van der Waals surface area contributed by atoms with E-state index in [-0.39, 0.29) is 37.1 Å². The highest BCUT2D eigenvalue weighted by Gasteiger charge is 2.36. The third-order valence-corrected chi connectivity index (χ3v) is 2.97. The summed E-state index contributed by atoms with van der Waals surface area (Å²) in [5.41, 5.74) is -3.04. The van der Waals surface area contributed by atoms with Crippen molar-refractivity contribution in [2.75, 3.05) is 5.32 Å². The van der Waals surface area contributed by atoms with E-state index in [1.165, 1.54) is 0 Å². The Morgan fingerprint density at radius 2 is 1.64 bits per heavy atom. The lowest BCUT2D eigenvalue weighted by molar-refractivity contribution is -0.143. The van der Waals surface area contributed by atoms with Crippen LogP contribution in [0.1, 0.15) is 23.1 Å². The van der Waals surface area contributed by atoms with E-state index < -0.39 is 23.5 Å². The number of rotatable bonds is 5. The molecule has 0 radical (unpaired) electrons. The summed E-state index contributed by atoms with van der Waals surface area (Å²) in [5, 5.41) is 21.8. The molecule has 2 aromatic rings. The fraction of sp³-hybridized carbons (Fsp3) is 0.385. The molecule has 0 spiro atoms. The minimum absolute atomic E-state index is 0.0555. The zero-order valence-electron chi connectivity index (χ0n) is 12.4. The summed E-state index contributed by atoms with van der Waals surface area (Å²) in [6.07, 6.45) is -9.69. The maximum Gasteiger partial charge on any atom is 0.416 e. The number of tetrazole rings is 1. The Morgan fingerprint density at radius 3 is 2.16 bits per heavy atom. The SMILES string of the molecule is N#CCCn1nnc(NCc2cc(C(F)(F)F)cc(C(F)(F)F)c2)n1. The zero-order valence-corrected chi connectivity index (χ0v) is 12.4. The summed E-state index contributed by atoms with van der Waals surface area (Å²) in [5.74, 6) is -0.0797. The van der Waals surface area contributed by atoms with Crippen molar-refractivity contribution in [2.45, 2.75) is 31.9 Å². The third kappa shape index (κ3) is 5.07. The minimum atomic E-state index is -4.91. The number of aryl methyl sites for hydroxylation is 1. The average Bonchev–Trinajstić information content (AvgIpc) is 2.97. The summed E-state index contributed by atoms with van der Waals surface area (Å²) < 4.78 is 76.6. The molecule has 0 saturated heterocycles. The van der Waals surface area contributed by atoms with Gasteiger partial charge in [-0.3, -0.25) is 0 Å². The number of nitrogens with zero attached hydrogens (tertiary/aromatic N) is 5. The zero-order chi connectivity index (χ0) is 18.7. The number of alkyl halides is 6. The van der Waals surface area contributed by atoms with Crippen molar-refractivity contribution in [2.24, 2.45) is 0 Å². The number of anilines is 1. The van der Waals surface area contributed by atoms with Crippen molar-refractivity contribution in [3.05, 3.63) is 34.9 Å². The van der Waals surface area contributed by atoms with Crippen molar-refractivity contribution in [1.82, 2.24) is 20.2 Å². The number of nitriles is 1. The van der Waals surface area contributed by atoms with Crippen LogP contribution in [0.5, 0.6) is 0 Å². The van der Waals surface area contributed by atoms with Gasteiger partial charge in [-0.25, -0.2) is 0 Å². The summed E-state index contributed by atoms with van der Waals surface area (Å²) in [6, 6.07) is 3.14. The smallest absolute Gasteiger partial charge is 0.348 e. The van der Waals surface area contributed by atoms with E-state index in [9.17, 15) is 26.3 Å². The molecule has 0 atom stereocenters. The molecule has 2 rings (SSSR count). The molecular formula is C13H10F6N6. The number of aromatic nitrogens is 4. The highest BCUT2D eigenvalue weighted by atomic mass is 19.4. The third-order valence-electron chi connectivity index (χ3n) is 2.97. The molecule has 12 heteroatoms. The van der Waals surface area contributed by atoms with Gasteiger partial charge in [-0.15, -0.1) is 5.10 Å². The Morgan fingerprint density at radius 1 is 1.04 bits per heavy atom. The molecule has 0 saturated carbocycles. The Hall–Kier alpha value is -2.84. The number of halogens is 6. The van der Waals surface area contributed by atoms with Gasteiger partial charge < -0.3 is 5.32 Å². The molecule has 1 aromatic carbocycles. The van der Waals surface area contributed by atoms with Crippen molar-refractivity contribution in [3.8, 4) is 6.07 Å². The lowest BCUT2D eigenvalue weighted by Crippen LogP contribution is -2.13. The van der Waals surface area contributed by atoms with Gasteiger partial charge in [0.1, 0.15) is 0 Å². The Labute approximate surface area is 137 Å². The van der Waals surface area contributed by atoms with Gasteiger partial charge >= 0.3 is 12.4 Å². The van der Waals surface area contributed by atoms with Crippen LogP contribution in [0, 0.1) is 11.3 Å². The second-order valence-corrected chi connectivity index (χ2v) is 4.88. The van der Waals surface area contributed by atoms with Gasteiger partial charge in [0.2, 0.25) is 0 Å². The summed E-state index contributed by atoms with van der Waals surface area (Å²) in [4.78, 5) is 1.08. The second-order valence-electron chi connectivity index (χ2n) is 4.88. The first kappa shape index (κ1) is 18.5. The topological polar surface area (TPSA) is 79.4 Å². The molecule has 0 bridgehead atoms. The lowest BCUT2D eigenvalue weighted by atomic mass is 10.0. The second kappa shape index (κ2) is 6.96. The van der Waals surface area contributed by atoms with Crippen molar-refractivity contribution >= 4 is 5.95 Å². The monoisotopic (exact) mass is 364 g/mol. The maximum atomic E-state index is 12.8. The molecule has 1 heterocycles. The van der Waals surface area contributed by atoms with Crippen molar-refractivity contribution in [1.29, 1.82) is 5.26 Å². The van der Waals surface area contributed by atoms with E-state index in [0.29, 0.717) is 12.1 Å². The Balaban J connectivity index is 2.18. The van der Waals surface area contributed by atoms with Gasteiger partial charge in [0, 0.05) is 6.54 Å². The van der Waals surface area contributed by atoms with Crippen LogP contribution in [0.2, 0.25) is 0 Å². The number of benzene rings is 1. The molecule has 25 heavy (non-hydrogen) atoms. The van der Waals surface area contributed by atoms with Crippen LogP contribution in [0.3, 0.4) is 0 Å². The van der Waals surface area contributed by atoms with Crippen LogP contribution in [0.4, 0.5) is 32.3 Å². The van der Waals surface area contributed by atoms with Crippen molar-refractivity contribution < 1.29 is 26.3 Å². The first-order valence-electron chi connectivity index (χ1n) is 6.76. The largest absolute Gasteiger partial charge is 0.416 e. The molecule has 0 aliphatic rings. The molecule has 0 aliphatic carbocycles. The first-order chi connectivity index (χ1) is 11.6. The molecule has 0 fully saturated rings. The van der Waals surface area contributed by atoms with E-state index in [2.05, 4.69) is 20.7 Å². The number of hydrogen-bond acceptors (Lipinski definition) is 5. The minimum Gasteiger partial charge on any atom is -0.348 e. The molecule has 1 N–H and O–H groups in total. The molecular weight excluding hydrogens is 354 g/mol. The number of nitrogens with one attached hydrogen (secondary N) is 1. The molecule has 0 unspecified atom stereocenters. The molecule has 0 aliphatic heterocycles. The fourth-order valence-corrected chi connectivity index (χ4v) is 1.86. The molecule has 1 aromatic heterocycles. The van der Waals surface area contributed by atoms with Gasteiger partial charge in [0.25, 0.3) is 5.95 Å². The average molecular weight is 364 g/mol. The quantitative estimate of drug-likeness (QED) is 0.824. The van der Waals surface area contributed by atoms with Gasteiger partial charge in [-0.2, -0.15) is 36.4 Å². The highest BCUT2D eigenvalue weighted by Crippen LogP contribution is 2.36. The predicted molar refractivity (Wildman–Crippen MR) is 71.8 cm³/mol. The van der Waals surface area contributed by atoms with E-state index in [0.717, 1.165) is 4.80 Å². The van der Waals surface area contributed by atoms with Gasteiger partial charge in [0.15, 0.2) is 0 Å². The van der Waals surface area contributed by atoms with Crippen LogP contribution < -0.4 is 5.32 Å². The molecule has 134 valence electrons. The summed E-state index contributed by atoms with van der Waals surface area (Å²) >= 11 is 0. The summed E-state index contributed by atoms with van der Waals surface area (Å²) in [7, 11) is 0. The predicted octanol–water partition coefficient (Wildman–Crippen LogP) is 3.24. The van der Waals surface area contributed by atoms with Crippen molar-refractivity contribution in [3.63, 3.8) is 0 Å². The van der Waals surface area contributed by atoms with E-state index >= 15 is 0 Å². The van der Waals surface area contributed by atoms with Gasteiger partial charge in [0.05, 0.1) is 30.2 Å². The highest BCUT2D eigenvalue weighted by molar-refractivity contribution is 5.35. The van der Waals surface area contributed by atoms with Crippen LogP contribution in [-0.4, -0.2) is 20.2 Å². The van der Waals surface area contributed by atoms with Crippen LogP contribution in [-0.2, 0) is 25.4 Å². The maximum absolute atomic E-state index is 12.8.